The van der Waals surface area contributed by atoms with Gasteiger partial charge in [-0.25, -0.2) is 21.6 Å². The van der Waals surface area contributed by atoms with Crippen LogP contribution in [0.5, 0.6) is 5.75 Å². The second-order valence-electron chi connectivity index (χ2n) is 7.87. The van der Waals surface area contributed by atoms with Crippen LogP contribution in [0.4, 0.5) is 18.9 Å². The molecule has 2 unspecified atom stereocenters. The molecule has 1 aliphatic rings. The minimum atomic E-state index is -4.51. The van der Waals surface area contributed by atoms with Crippen LogP contribution in [0.3, 0.4) is 0 Å². The summed E-state index contributed by atoms with van der Waals surface area (Å²) in [6.45, 7) is 1.59. The third-order valence-corrected chi connectivity index (χ3v) is 8.82. The van der Waals surface area contributed by atoms with Gasteiger partial charge in [0.1, 0.15) is 10.6 Å². The van der Waals surface area contributed by atoms with E-state index in [-0.39, 0.29) is 24.9 Å². The molecule has 7 nitrogen and oxygen atoms in total. The van der Waals surface area contributed by atoms with Gasteiger partial charge in [0.25, 0.3) is 10.0 Å². The third kappa shape index (κ3) is 5.92. The molecule has 13 heteroatoms. The van der Waals surface area contributed by atoms with E-state index in [1.165, 1.54) is 12.1 Å². The van der Waals surface area contributed by atoms with Crippen molar-refractivity contribution in [3.05, 3.63) is 47.0 Å². The Morgan fingerprint density at radius 3 is 2.42 bits per heavy atom. The molecule has 182 valence electrons. The molecule has 2 aromatic carbocycles. The Bertz CT molecular complexity index is 1250. The first kappa shape index (κ1) is 25.6. The number of rotatable bonds is 6. The van der Waals surface area contributed by atoms with Gasteiger partial charge in [0.2, 0.25) is 10.0 Å². The van der Waals surface area contributed by atoms with Gasteiger partial charge in [-0.15, -0.1) is 0 Å². The highest BCUT2D eigenvalue weighted by atomic mass is 35.5. The molecule has 0 heterocycles. The first-order valence-electron chi connectivity index (χ1n) is 9.91. The average molecular weight is 527 g/mol. The average Bonchev–Trinajstić information content (AvgIpc) is 2.70. The van der Waals surface area contributed by atoms with E-state index in [1.807, 2.05) is 0 Å². The van der Waals surface area contributed by atoms with Crippen molar-refractivity contribution >= 4 is 37.3 Å². The molecule has 0 aromatic heterocycles. The Labute approximate surface area is 195 Å². The zero-order valence-electron chi connectivity index (χ0n) is 17.4. The molecule has 2 aromatic rings. The second kappa shape index (κ2) is 9.32. The highest BCUT2D eigenvalue weighted by Gasteiger charge is 2.43. The Balaban J connectivity index is 1.88. The number of hydrogen-bond donors (Lipinski definition) is 3. The van der Waals surface area contributed by atoms with E-state index in [0.29, 0.717) is 10.6 Å². The fraction of sp³-hybridized carbons (Fsp3) is 0.400. The molecule has 0 radical (unpaired) electrons. The molecule has 3 rings (SSSR count). The SMILES string of the molecule is Cc1c(Cl)cccc1NS(=O)(=O)c1ccc(O)c(S(=O)(=O)NC2CCCC(C(F)(F)F)C2)c1. The molecule has 0 spiro atoms. The molecule has 0 amide bonds. The number of hydrogen-bond acceptors (Lipinski definition) is 5. The molecule has 3 N–H and O–H groups in total. The Hall–Kier alpha value is -2.02. The molecule has 1 aliphatic carbocycles. The summed E-state index contributed by atoms with van der Waals surface area (Å²) >= 11 is 6.00. The van der Waals surface area contributed by atoms with Crippen LogP contribution < -0.4 is 9.44 Å². The van der Waals surface area contributed by atoms with E-state index in [2.05, 4.69) is 9.44 Å². The monoisotopic (exact) mass is 526 g/mol. The summed E-state index contributed by atoms with van der Waals surface area (Å²) in [5.74, 6) is -2.37. The summed E-state index contributed by atoms with van der Waals surface area (Å²) in [5, 5.41) is 10.4. The van der Waals surface area contributed by atoms with E-state index < -0.39 is 60.1 Å². The Morgan fingerprint density at radius 1 is 1.06 bits per heavy atom. The quantitative estimate of drug-likeness (QED) is 0.511. The van der Waals surface area contributed by atoms with E-state index in [9.17, 15) is 35.1 Å². The van der Waals surface area contributed by atoms with E-state index in [1.54, 1.807) is 13.0 Å². The first-order valence-corrected chi connectivity index (χ1v) is 13.2. The van der Waals surface area contributed by atoms with Crippen molar-refractivity contribution in [2.75, 3.05) is 4.72 Å². The summed E-state index contributed by atoms with van der Waals surface area (Å²) in [7, 11) is -8.78. The smallest absolute Gasteiger partial charge is 0.391 e. The third-order valence-electron chi connectivity index (χ3n) is 5.50. The summed E-state index contributed by atoms with van der Waals surface area (Å²) < 4.78 is 94.9. The number of sulfonamides is 2. The van der Waals surface area contributed by atoms with Gasteiger partial charge < -0.3 is 5.11 Å². The molecule has 2 atom stereocenters. The van der Waals surface area contributed by atoms with Crippen LogP contribution in [0.15, 0.2) is 46.2 Å². The van der Waals surface area contributed by atoms with Gasteiger partial charge in [-0.3, -0.25) is 4.72 Å². The van der Waals surface area contributed by atoms with Crippen molar-refractivity contribution in [3.8, 4) is 5.75 Å². The number of phenolic OH excluding ortho intramolecular Hbond substituents is 1. The van der Waals surface area contributed by atoms with Crippen LogP contribution in [0.2, 0.25) is 5.02 Å². The molecule has 1 fully saturated rings. The van der Waals surface area contributed by atoms with Crippen molar-refractivity contribution in [1.82, 2.24) is 4.72 Å². The maximum absolute atomic E-state index is 13.1. The topological polar surface area (TPSA) is 113 Å². The number of alkyl halides is 3. The highest BCUT2D eigenvalue weighted by Crippen LogP contribution is 2.38. The number of halogens is 4. The minimum absolute atomic E-state index is 0.0880. The van der Waals surface area contributed by atoms with Crippen molar-refractivity contribution in [2.45, 2.75) is 54.6 Å². The van der Waals surface area contributed by atoms with Gasteiger partial charge in [-0.2, -0.15) is 13.2 Å². The fourth-order valence-corrected chi connectivity index (χ4v) is 6.48. The maximum atomic E-state index is 13.1. The standard InChI is InChI=1S/C20H22ClF3N2O5S2/c1-12-16(21)6-3-7-17(12)26-32(28,29)15-8-9-18(27)19(11-15)33(30,31)25-14-5-2-4-13(10-14)20(22,23)24/h3,6-9,11,13-14,25-27H,2,4-5,10H2,1H3. The van der Waals surface area contributed by atoms with Crippen molar-refractivity contribution in [2.24, 2.45) is 5.92 Å². The Morgan fingerprint density at radius 2 is 1.76 bits per heavy atom. The highest BCUT2D eigenvalue weighted by molar-refractivity contribution is 7.93. The Kier molecular flexibility index (Phi) is 7.23. The minimum Gasteiger partial charge on any atom is -0.507 e. The summed E-state index contributed by atoms with van der Waals surface area (Å²) in [4.78, 5) is -1.21. The molecule has 33 heavy (non-hydrogen) atoms. The molecule has 0 aliphatic heterocycles. The van der Waals surface area contributed by atoms with Crippen LogP contribution in [-0.4, -0.2) is 34.2 Å². The molecule has 1 saturated carbocycles. The normalized spacial score (nSPS) is 19.9. The maximum Gasteiger partial charge on any atom is 0.391 e. The van der Waals surface area contributed by atoms with Gasteiger partial charge in [-0.1, -0.05) is 24.1 Å². The molecule has 0 bridgehead atoms. The molecular weight excluding hydrogens is 505 g/mol. The zero-order chi connectivity index (χ0) is 24.6. The van der Waals surface area contributed by atoms with E-state index in [0.717, 1.165) is 18.2 Å². The predicted octanol–water partition coefficient (Wildman–Crippen LogP) is 4.55. The largest absolute Gasteiger partial charge is 0.507 e. The lowest BCUT2D eigenvalue weighted by Crippen LogP contribution is -2.41. The lowest BCUT2D eigenvalue weighted by Gasteiger charge is -2.30. The van der Waals surface area contributed by atoms with Crippen LogP contribution in [0, 0.1) is 12.8 Å². The fourth-order valence-electron chi connectivity index (χ4n) is 3.68. The van der Waals surface area contributed by atoms with Gasteiger partial charge >= 0.3 is 6.18 Å². The lowest BCUT2D eigenvalue weighted by atomic mass is 9.86. The van der Waals surface area contributed by atoms with Gasteiger partial charge in [0, 0.05) is 11.1 Å². The lowest BCUT2D eigenvalue weighted by molar-refractivity contribution is -0.183. The second-order valence-corrected chi connectivity index (χ2v) is 11.6. The predicted molar refractivity (Wildman–Crippen MR) is 117 cm³/mol. The van der Waals surface area contributed by atoms with Crippen LogP contribution in [0.1, 0.15) is 31.2 Å². The number of benzene rings is 2. The van der Waals surface area contributed by atoms with Crippen LogP contribution >= 0.6 is 11.6 Å². The van der Waals surface area contributed by atoms with E-state index in [4.69, 9.17) is 11.6 Å². The number of anilines is 1. The van der Waals surface area contributed by atoms with Crippen LogP contribution in [-0.2, 0) is 20.0 Å². The summed E-state index contributed by atoms with van der Waals surface area (Å²) in [6, 6.07) is 6.23. The van der Waals surface area contributed by atoms with Crippen molar-refractivity contribution in [3.63, 3.8) is 0 Å². The van der Waals surface area contributed by atoms with Gasteiger partial charge in [-0.05, 0) is 62.1 Å². The number of nitrogens with one attached hydrogen (secondary N) is 2. The zero-order valence-corrected chi connectivity index (χ0v) is 19.7. The summed E-state index contributed by atoms with van der Waals surface area (Å²) in [6.07, 6.45) is -4.59. The van der Waals surface area contributed by atoms with Crippen molar-refractivity contribution in [1.29, 1.82) is 0 Å². The number of aromatic hydroxyl groups is 1. The van der Waals surface area contributed by atoms with Gasteiger partial charge in [0.15, 0.2) is 0 Å². The molecular formula is C20H22ClF3N2O5S2. The number of phenols is 1. The molecule has 0 saturated heterocycles. The van der Waals surface area contributed by atoms with Crippen LogP contribution in [0.25, 0.3) is 0 Å². The summed E-state index contributed by atoms with van der Waals surface area (Å²) in [5.41, 5.74) is 0.631. The van der Waals surface area contributed by atoms with E-state index >= 15 is 0 Å². The van der Waals surface area contributed by atoms with Gasteiger partial charge in [0.05, 0.1) is 16.5 Å². The van der Waals surface area contributed by atoms with Crippen molar-refractivity contribution < 1.29 is 35.1 Å². The first-order chi connectivity index (χ1) is 15.2.